The van der Waals surface area contributed by atoms with Crippen molar-refractivity contribution < 1.29 is 9.36 Å². The molecule has 4 heteroatoms. The van der Waals surface area contributed by atoms with E-state index in [9.17, 15) is 9.36 Å². The Balaban J connectivity index is 2.33. The summed E-state index contributed by atoms with van der Waals surface area (Å²) in [5, 5.41) is 1.06. The van der Waals surface area contributed by atoms with Crippen molar-refractivity contribution in [3.05, 3.63) is 64.2 Å². The minimum Gasteiger partial charge on any atom is -0.288 e. The summed E-state index contributed by atoms with van der Waals surface area (Å²) < 4.78 is 13.0. The lowest BCUT2D eigenvalue weighted by Crippen LogP contribution is -2.18. The van der Waals surface area contributed by atoms with Gasteiger partial charge < -0.3 is 0 Å². The Morgan fingerprint density at radius 3 is 2.38 bits per heavy atom. The van der Waals surface area contributed by atoms with E-state index in [2.05, 4.69) is 27.7 Å². The van der Waals surface area contributed by atoms with E-state index in [1.807, 2.05) is 37.3 Å². The Morgan fingerprint density at radius 2 is 1.77 bits per heavy atom. The zero-order chi connectivity index (χ0) is 19.5. The van der Waals surface area contributed by atoms with Crippen LogP contribution in [-0.2, 0) is 4.57 Å². The lowest BCUT2D eigenvalue weighted by atomic mass is 9.86. The molecule has 2 nitrogen and oxygen atoms in total. The van der Waals surface area contributed by atoms with Crippen molar-refractivity contribution in [2.75, 3.05) is 6.16 Å². The molecule has 0 N–H and O–H groups in total. The number of hydrogen-bond acceptors (Lipinski definition) is 2. The molecule has 2 aromatic carbocycles. The van der Waals surface area contributed by atoms with Crippen LogP contribution in [0.1, 0.15) is 55.6 Å². The Hall–Kier alpha value is -1.50. The Labute approximate surface area is 162 Å². The van der Waals surface area contributed by atoms with E-state index >= 15 is 0 Å². The molecule has 2 aromatic rings. The first-order valence-corrected chi connectivity index (χ1v) is 10.8. The van der Waals surface area contributed by atoms with Crippen LogP contribution in [0.2, 0.25) is 5.02 Å². The first-order chi connectivity index (χ1) is 12.1. The molecule has 0 amide bonds. The molecule has 0 heterocycles. The highest BCUT2D eigenvalue weighted by atomic mass is 35.5. The van der Waals surface area contributed by atoms with E-state index in [0.717, 1.165) is 12.0 Å². The van der Waals surface area contributed by atoms with Gasteiger partial charge in [-0.15, -0.1) is 0 Å². The van der Waals surface area contributed by atoms with Crippen LogP contribution in [0.3, 0.4) is 0 Å². The fraction of sp³-hybridized carbons (Fsp3) is 0.409. The Bertz CT molecular complexity index is 801. The van der Waals surface area contributed by atoms with E-state index in [1.165, 1.54) is 0 Å². The minimum absolute atomic E-state index is 0.157. The zero-order valence-corrected chi connectivity index (χ0v) is 17.8. The molecule has 0 aliphatic carbocycles. The Kier molecular flexibility index (Phi) is 6.77. The number of carbonyl (C=O) groups is 1. The van der Waals surface area contributed by atoms with Gasteiger partial charge in [-0.3, -0.25) is 4.79 Å². The molecule has 0 aliphatic rings. The van der Waals surface area contributed by atoms with Gasteiger partial charge in [0.05, 0.1) is 10.6 Å². The van der Waals surface area contributed by atoms with Gasteiger partial charge in [-0.25, -0.2) is 0 Å². The van der Waals surface area contributed by atoms with Gasteiger partial charge in [-0.2, -0.15) is 0 Å². The molecule has 2 unspecified atom stereocenters. The van der Waals surface area contributed by atoms with E-state index in [0.29, 0.717) is 33.5 Å². The molecule has 138 valence electrons. The molecule has 2 atom stereocenters. The second-order valence-electron chi connectivity index (χ2n) is 8.21. The summed E-state index contributed by atoms with van der Waals surface area (Å²) in [5.41, 5.74) is 2.01. The van der Waals surface area contributed by atoms with Gasteiger partial charge in [0.25, 0.3) is 0 Å². The largest absolute Gasteiger partial charge is 0.377 e. The van der Waals surface area contributed by atoms with Crippen LogP contribution in [0, 0.1) is 18.3 Å². The van der Waals surface area contributed by atoms with Crippen molar-refractivity contribution in [1.82, 2.24) is 0 Å². The highest BCUT2D eigenvalue weighted by molar-refractivity contribution is 7.53. The molecule has 0 saturated heterocycles. The number of ketones is 1. The monoisotopic (exact) mass is 389 g/mol. The molecular weight excluding hydrogens is 363 g/mol. The lowest BCUT2D eigenvalue weighted by molar-refractivity contribution is 0.103. The van der Waals surface area contributed by atoms with Gasteiger partial charge in [-0.05, 0) is 42.5 Å². The molecule has 0 fully saturated rings. The van der Waals surface area contributed by atoms with Gasteiger partial charge in [0.2, 0.25) is 5.30 Å². The highest BCUT2D eigenvalue weighted by Gasteiger charge is 2.31. The SMILES string of the molecule is Cc1cccc(Cl)c1C(=O)c1ccccc1[P+](=O)CC(C)CC(C)(C)C. The number of carbonyl (C=O) groups excluding carboxylic acids is 1. The molecule has 0 radical (unpaired) electrons. The van der Waals surface area contributed by atoms with Crippen molar-refractivity contribution in [2.24, 2.45) is 11.3 Å². The highest BCUT2D eigenvalue weighted by Crippen LogP contribution is 2.33. The molecule has 0 aromatic heterocycles. The molecule has 2 rings (SSSR count). The van der Waals surface area contributed by atoms with Crippen LogP contribution in [0.15, 0.2) is 42.5 Å². The number of rotatable bonds is 6. The normalized spacial score (nSPS) is 13.4. The second-order valence-corrected chi connectivity index (χ2v) is 10.2. The third kappa shape index (κ3) is 5.25. The first kappa shape index (κ1) is 20.8. The van der Waals surface area contributed by atoms with Crippen LogP contribution in [0.5, 0.6) is 0 Å². The van der Waals surface area contributed by atoms with Crippen LogP contribution < -0.4 is 5.30 Å². The summed E-state index contributed by atoms with van der Waals surface area (Å²) in [7, 11) is -1.64. The fourth-order valence-electron chi connectivity index (χ4n) is 3.43. The van der Waals surface area contributed by atoms with Gasteiger partial charge in [0, 0.05) is 11.5 Å². The van der Waals surface area contributed by atoms with E-state index in [4.69, 9.17) is 11.6 Å². The summed E-state index contributed by atoms with van der Waals surface area (Å²) in [4.78, 5) is 13.1. The van der Waals surface area contributed by atoms with Crippen LogP contribution in [-0.4, -0.2) is 11.9 Å². The smallest absolute Gasteiger partial charge is 0.288 e. The van der Waals surface area contributed by atoms with E-state index < -0.39 is 7.80 Å². The van der Waals surface area contributed by atoms with Crippen LogP contribution >= 0.6 is 19.4 Å². The average Bonchev–Trinajstić information content (AvgIpc) is 2.52. The molecular formula is C22H27ClO2P+. The third-order valence-corrected chi connectivity index (χ3v) is 6.50. The summed E-state index contributed by atoms with van der Waals surface area (Å²) in [6.45, 7) is 10.6. The summed E-state index contributed by atoms with van der Waals surface area (Å²) in [6.07, 6.45) is 1.58. The number of hydrogen-bond donors (Lipinski definition) is 0. The zero-order valence-electron chi connectivity index (χ0n) is 16.2. The number of benzene rings is 2. The Morgan fingerprint density at radius 1 is 1.12 bits per heavy atom. The average molecular weight is 390 g/mol. The second kappa shape index (κ2) is 8.46. The van der Waals surface area contributed by atoms with Crippen molar-refractivity contribution >= 4 is 30.5 Å². The fourth-order valence-corrected chi connectivity index (χ4v) is 5.33. The maximum absolute atomic E-state index is 13.1. The van der Waals surface area contributed by atoms with E-state index in [-0.39, 0.29) is 11.2 Å². The maximum Gasteiger partial charge on any atom is 0.377 e. The number of aryl methyl sites for hydroxylation is 1. The minimum atomic E-state index is -1.64. The van der Waals surface area contributed by atoms with Crippen molar-refractivity contribution in [2.45, 2.75) is 41.0 Å². The lowest BCUT2D eigenvalue weighted by Gasteiger charge is -2.20. The van der Waals surface area contributed by atoms with Gasteiger partial charge >= 0.3 is 7.80 Å². The van der Waals surface area contributed by atoms with Crippen LogP contribution in [0.4, 0.5) is 0 Å². The predicted octanol–water partition coefficient (Wildman–Crippen LogP) is 6.40. The van der Waals surface area contributed by atoms with Gasteiger partial charge in [0.15, 0.2) is 11.9 Å². The maximum atomic E-state index is 13.1. The summed E-state index contributed by atoms with van der Waals surface area (Å²) >= 11 is 6.27. The predicted molar refractivity (Wildman–Crippen MR) is 111 cm³/mol. The van der Waals surface area contributed by atoms with E-state index in [1.54, 1.807) is 12.1 Å². The van der Waals surface area contributed by atoms with Crippen LogP contribution in [0.25, 0.3) is 0 Å². The molecule has 0 spiro atoms. The molecule has 0 aliphatic heterocycles. The quantitative estimate of drug-likeness (QED) is 0.423. The summed E-state index contributed by atoms with van der Waals surface area (Å²) in [6, 6.07) is 12.6. The van der Waals surface area contributed by atoms with Gasteiger partial charge in [-0.1, -0.05) is 68.1 Å². The van der Waals surface area contributed by atoms with Crippen molar-refractivity contribution in [3.63, 3.8) is 0 Å². The molecule has 26 heavy (non-hydrogen) atoms. The molecule has 0 saturated carbocycles. The molecule has 0 bridgehead atoms. The van der Waals surface area contributed by atoms with Crippen molar-refractivity contribution in [3.8, 4) is 0 Å². The van der Waals surface area contributed by atoms with Gasteiger partial charge in [0.1, 0.15) is 0 Å². The first-order valence-electron chi connectivity index (χ1n) is 8.93. The standard InChI is InChI=1S/C22H27ClO2P/c1-15(13-22(3,4)5)14-26(25)19-12-7-6-10-17(19)21(24)20-16(2)9-8-11-18(20)23/h6-12,15H,13-14H2,1-5H3/q+1. The topological polar surface area (TPSA) is 34.1 Å². The van der Waals surface area contributed by atoms with Crippen molar-refractivity contribution in [1.29, 1.82) is 0 Å². The third-order valence-electron chi connectivity index (χ3n) is 4.30. The number of halogens is 1. The summed E-state index contributed by atoms with van der Waals surface area (Å²) in [5.74, 6) is 0.166.